The van der Waals surface area contributed by atoms with E-state index in [0.29, 0.717) is 12.6 Å². The van der Waals surface area contributed by atoms with Crippen LogP contribution in [0.3, 0.4) is 0 Å². The topological polar surface area (TPSA) is 41.5 Å². The summed E-state index contributed by atoms with van der Waals surface area (Å²) in [6, 6.07) is 10.2. The standard InChI is InChI=1S/C15H17NO2S/c1-10(7-12-3-2-6-19-12)16-14-9-18-15-8-11(17)4-5-13(14)15/h2-6,8,10,14,16-17H,7,9H2,1H3. The molecule has 1 aromatic heterocycles. The van der Waals surface area contributed by atoms with Crippen molar-refractivity contribution in [3.05, 3.63) is 46.2 Å². The van der Waals surface area contributed by atoms with Crippen LogP contribution >= 0.6 is 11.3 Å². The van der Waals surface area contributed by atoms with E-state index in [4.69, 9.17) is 4.74 Å². The van der Waals surface area contributed by atoms with E-state index in [9.17, 15) is 5.11 Å². The zero-order valence-corrected chi connectivity index (χ0v) is 11.6. The minimum Gasteiger partial charge on any atom is -0.508 e. The molecule has 1 aliphatic heterocycles. The Bertz CT molecular complexity index is 553. The Labute approximate surface area is 116 Å². The summed E-state index contributed by atoms with van der Waals surface area (Å²) in [4.78, 5) is 1.39. The van der Waals surface area contributed by atoms with Crippen molar-refractivity contribution in [2.45, 2.75) is 25.4 Å². The van der Waals surface area contributed by atoms with Gasteiger partial charge in [-0.1, -0.05) is 6.07 Å². The van der Waals surface area contributed by atoms with Crippen molar-refractivity contribution >= 4 is 11.3 Å². The second-order valence-corrected chi connectivity index (χ2v) is 5.97. The van der Waals surface area contributed by atoms with Gasteiger partial charge in [-0.15, -0.1) is 11.3 Å². The van der Waals surface area contributed by atoms with E-state index in [-0.39, 0.29) is 11.8 Å². The molecular weight excluding hydrogens is 258 g/mol. The molecule has 0 spiro atoms. The largest absolute Gasteiger partial charge is 0.508 e. The molecular formula is C15H17NO2S. The van der Waals surface area contributed by atoms with Gasteiger partial charge < -0.3 is 15.2 Å². The third-order valence-electron chi connectivity index (χ3n) is 3.35. The van der Waals surface area contributed by atoms with Crippen molar-refractivity contribution in [1.82, 2.24) is 5.32 Å². The van der Waals surface area contributed by atoms with Gasteiger partial charge in [0.1, 0.15) is 18.1 Å². The molecule has 3 rings (SSSR count). The fourth-order valence-electron chi connectivity index (χ4n) is 2.47. The van der Waals surface area contributed by atoms with Gasteiger partial charge in [0.25, 0.3) is 0 Å². The van der Waals surface area contributed by atoms with Crippen molar-refractivity contribution in [3.8, 4) is 11.5 Å². The minimum absolute atomic E-state index is 0.213. The molecule has 1 aliphatic rings. The molecule has 0 amide bonds. The van der Waals surface area contributed by atoms with Crippen LogP contribution in [0.1, 0.15) is 23.4 Å². The van der Waals surface area contributed by atoms with E-state index in [2.05, 4.69) is 29.8 Å². The van der Waals surface area contributed by atoms with Crippen LogP contribution < -0.4 is 10.1 Å². The summed E-state index contributed by atoms with van der Waals surface area (Å²) in [6.07, 6.45) is 1.03. The van der Waals surface area contributed by atoms with Gasteiger partial charge in [-0.05, 0) is 36.9 Å². The molecule has 2 N–H and O–H groups in total. The van der Waals surface area contributed by atoms with Gasteiger partial charge >= 0.3 is 0 Å². The van der Waals surface area contributed by atoms with E-state index in [1.165, 1.54) is 4.88 Å². The molecule has 2 aromatic rings. The van der Waals surface area contributed by atoms with Crippen molar-refractivity contribution < 1.29 is 9.84 Å². The maximum absolute atomic E-state index is 9.44. The Morgan fingerprint density at radius 3 is 3.16 bits per heavy atom. The van der Waals surface area contributed by atoms with Gasteiger partial charge in [0.05, 0.1) is 6.04 Å². The molecule has 0 saturated heterocycles. The molecule has 2 unspecified atom stereocenters. The number of fused-ring (bicyclic) bond motifs is 1. The van der Waals surface area contributed by atoms with Crippen molar-refractivity contribution in [1.29, 1.82) is 0 Å². The highest BCUT2D eigenvalue weighted by Gasteiger charge is 2.25. The van der Waals surface area contributed by atoms with Gasteiger partial charge in [-0.25, -0.2) is 0 Å². The molecule has 0 bridgehead atoms. The maximum Gasteiger partial charge on any atom is 0.127 e. The van der Waals surface area contributed by atoms with Crippen LogP contribution in [0, 0.1) is 0 Å². The molecule has 3 nitrogen and oxygen atoms in total. The van der Waals surface area contributed by atoms with Crippen molar-refractivity contribution in [3.63, 3.8) is 0 Å². The smallest absolute Gasteiger partial charge is 0.127 e. The number of phenolic OH excluding ortho intramolecular Hbond substituents is 1. The van der Waals surface area contributed by atoms with Gasteiger partial charge in [0.15, 0.2) is 0 Å². The molecule has 19 heavy (non-hydrogen) atoms. The Kier molecular flexibility index (Phi) is 3.44. The first-order valence-corrected chi connectivity index (χ1v) is 7.34. The highest BCUT2D eigenvalue weighted by molar-refractivity contribution is 7.09. The predicted octanol–water partition coefficient (Wildman–Crippen LogP) is 3.11. The van der Waals surface area contributed by atoms with Crippen LogP contribution in [0.5, 0.6) is 11.5 Å². The summed E-state index contributed by atoms with van der Waals surface area (Å²) in [5.41, 5.74) is 1.14. The average molecular weight is 275 g/mol. The van der Waals surface area contributed by atoms with Crippen LogP contribution in [0.2, 0.25) is 0 Å². The quantitative estimate of drug-likeness (QED) is 0.901. The van der Waals surface area contributed by atoms with Crippen LogP contribution in [0.25, 0.3) is 0 Å². The lowest BCUT2D eigenvalue weighted by molar-refractivity contribution is 0.299. The number of rotatable bonds is 4. The summed E-state index contributed by atoms with van der Waals surface area (Å²) in [7, 11) is 0. The highest BCUT2D eigenvalue weighted by atomic mass is 32.1. The molecule has 0 fully saturated rings. The zero-order valence-electron chi connectivity index (χ0n) is 10.8. The number of hydrogen-bond donors (Lipinski definition) is 2. The second kappa shape index (κ2) is 5.23. The lowest BCUT2D eigenvalue weighted by Crippen LogP contribution is -2.32. The molecule has 1 aromatic carbocycles. The first kappa shape index (κ1) is 12.5. The third kappa shape index (κ3) is 2.74. The summed E-state index contributed by atoms with van der Waals surface area (Å²) in [6.45, 7) is 2.83. The number of nitrogens with one attached hydrogen (secondary N) is 1. The number of thiophene rings is 1. The molecule has 0 radical (unpaired) electrons. The molecule has 4 heteroatoms. The number of benzene rings is 1. The van der Waals surface area contributed by atoms with E-state index >= 15 is 0 Å². The maximum atomic E-state index is 9.44. The summed E-state index contributed by atoms with van der Waals surface area (Å²) >= 11 is 1.79. The van der Waals surface area contributed by atoms with Gasteiger partial charge in [-0.2, -0.15) is 0 Å². The van der Waals surface area contributed by atoms with Gasteiger partial charge in [0.2, 0.25) is 0 Å². The first-order chi connectivity index (χ1) is 9.22. The fourth-order valence-corrected chi connectivity index (χ4v) is 3.30. The molecule has 0 saturated carbocycles. The number of ether oxygens (including phenoxy) is 1. The number of aromatic hydroxyl groups is 1. The first-order valence-electron chi connectivity index (χ1n) is 6.46. The van der Waals surface area contributed by atoms with Gasteiger partial charge in [0, 0.05) is 22.5 Å². The van der Waals surface area contributed by atoms with E-state index in [1.54, 1.807) is 23.5 Å². The van der Waals surface area contributed by atoms with Crippen molar-refractivity contribution in [2.24, 2.45) is 0 Å². The van der Waals surface area contributed by atoms with E-state index in [1.807, 2.05) is 6.07 Å². The average Bonchev–Trinajstić information content (AvgIpc) is 2.99. The predicted molar refractivity (Wildman–Crippen MR) is 77.0 cm³/mol. The third-order valence-corrected chi connectivity index (χ3v) is 4.25. The van der Waals surface area contributed by atoms with Crippen LogP contribution in [-0.4, -0.2) is 17.8 Å². The Hall–Kier alpha value is -1.52. The fraction of sp³-hybridized carbons (Fsp3) is 0.333. The molecule has 2 atom stereocenters. The molecule has 100 valence electrons. The van der Waals surface area contributed by atoms with E-state index in [0.717, 1.165) is 17.7 Å². The number of phenols is 1. The van der Waals surface area contributed by atoms with Crippen LogP contribution in [-0.2, 0) is 6.42 Å². The summed E-state index contributed by atoms with van der Waals surface area (Å²) < 4.78 is 5.61. The SMILES string of the molecule is CC(Cc1cccs1)NC1COc2cc(O)ccc21. The molecule has 2 heterocycles. The normalized spacial score (nSPS) is 18.9. The van der Waals surface area contributed by atoms with Gasteiger partial charge in [-0.3, -0.25) is 0 Å². The Morgan fingerprint density at radius 1 is 1.47 bits per heavy atom. The van der Waals surface area contributed by atoms with Crippen LogP contribution in [0.15, 0.2) is 35.7 Å². The second-order valence-electron chi connectivity index (χ2n) is 4.94. The van der Waals surface area contributed by atoms with Crippen LogP contribution in [0.4, 0.5) is 0 Å². The zero-order chi connectivity index (χ0) is 13.2. The Morgan fingerprint density at radius 2 is 2.37 bits per heavy atom. The lowest BCUT2D eigenvalue weighted by atomic mass is 10.1. The van der Waals surface area contributed by atoms with Crippen molar-refractivity contribution in [2.75, 3.05) is 6.61 Å². The summed E-state index contributed by atoms with van der Waals surface area (Å²) in [5.74, 6) is 1.05. The number of hydrogen-bond acceptors (Lipinski definition) is 4. The monoisotopic (exact) mass is 275 g/mol. The summed E-state index contributed by atoms with van der Waals surface area (Å²) in [5, 5.41) is 15.1. The van der Waals surface area contributed by atoms with E-state index < -0.39 is 0 Å². The Balaban J connectivity index is 1.66. The highest BCUT2D eigenvalue weighted by Crippen LogP contribution is 2.35. The molecule has 0 aliphatic carbocycles. The minimum atomic E-state index is 0.213. The lowest BCUT2D eigenvalue weighted by Gasteiger charge is -2.18.